The van der Waals surface area contributed by atoms with Crippen molar-refractivity contribution >= 4 is 41.3 Å². The first-order valence-corrected chi connectivity index (χ1v) is 7.31. The van der Waals surface area contributed by atoms with Gasteiger partial charge in [-0.1, -0.05) is 13.3 Å². The number of halogens is 4. The van der Waals surface area contributed by atoms with E-state index in [1.54, 1.807) is 7.05 Å². The van der Waals surface area contributed by atoms with E-state index in [2.05, 4.69) is 27.5 Å². The second kappa shape index (κ2) is 10.2. The van der Waals surface area contributed by atoms with Crippen molar-refractivity contribution in [2.45, 2.75) is 32.4 Å². The lowest BCUT2D eigenvalue weighted by molar-refractivity contribution is -0.140. The minimum atomic E-state index is -4.36. The topological polar surface area (TPSA) is 49.3 Å². The molecule has 0 amide bonds. The van der Waals surface area contributed by atoms with Gasteiger partial charge in [0, 0.05) is 31.9 Å². The predicted molar refractivity (Wildman–Crippen MR) is 90.5 cm³/mol. The van der Waals surface area contributed by atoms with Gasteiger partial charge in [-0.05, 0) is 6.42 Å². The number of nitrogens with zero attached hydrogens (tertiary/aromatic N) is 2. The van der Waals surface area contributed by atoms with Crippen molar-refractivity contribution in [2.24, 2.45) is 4.99 Å². The van der Waals surface area contributed by atoms with Crippen LogP contribution in [0.25, 0.3) is 0 Å². The van der Waals surface area contributed by atoms with Gasteiger partial charge in [0.1, 0.15) is 0 Å². The maximum Gasteiger partial charge on any atom is 0.434 e. The zero-order valence-corrected chi connectivity index (χ0v) is 15.1. The Labute approximate surface area is 143 Å². The second-order valence-electron chi connectivity index (χ2n) is 4.15. The largest absolute Gasteiger partial charge is 0.434 e. The third-order valence-electron chi connectivity index (χ3n) is 2.52. The minimum Gasteiger partial charge on any atom is -0.356 e. The molecule has 0 bridgehead atoms. The highest BCUT2D eigenvalue weighted by atomic mass is 127. The Balaban J connectivity index is 0.00000400. The third-order valence-corrected chi connectivity index (χ3v) is 3.43. The Morgan fingerprint density at radius 2 is 2.00 bits per heavy atom. The summed E-state index contributed by atoms with van der Waals surface area (Å²) < 4.78 is 37.1. The molecule has 21 heavy (non-hydrogen) atoms. The van der Waals surface area contributed by atoms with Gasteiger partial charge in [-0.25, -0.2) is 4.98 Å². The van der Waals surface area contributed by atoms with Crippen LogP contribution in [-0.2, 0) is 12.6 Å². The van der Waals surface area contributed by atoms with Crippen LogP contribution in [0.2, 0.25) is 0 Å². The number of aliphatic imine (C=N–C) groups is 1. The molecule has 0 aliphatic heterocycles. The highest BCUT2D eigenvalue weighted by Gasteiger charge is 2.33. The first kappa shape index (κ1) is 20.4. The number of nitrogens with one attached hydrogen (secondary N) is 2. The van der Waals surface area contributed by atoms with E-state index in [1.807, 2.05) is 0 Å². The molecule has 0 saturated carbocycles. The molecule has 0 fully saturated rings. The van der Waals surface area contributed by atoms with E-state index < -0.39 is 11.9 Å². The lowest BCUT2D eigenvalue weighted by atomic mass is 10.3. The standard InChI is InChI=1S/C12H19F3N4S.HI/c1-3-4-6-17-11(16-2)18-7-5-10-19-9(8-20-10)12(13,14)15;/h8H,3-7H2,1-2H3,(H2,16,17,18);1H. The van der Waals surface area contributed by atoms with Gasteiger partial charge >= 0.3 is 6.18 Å². The zero-order valence-electron chi connectivity index (χ0n) is 12.0. The number of aromatic nitrogens is 1. The zero-order chi connectivity index (χ0) is 15.0. The summed E-state index contributed by atoms with van der Waals surface area (Å²) in [5.74, 6) is 0.658. The third kappa shape index (κ3) is 7.84. The summed E-state index contributed by atoms with van der Waals surface area (Å²) in [6, 6.07) is 0. The maximum atomic E-state index is 12.4. The van der Waals surface area contributed by atoms with Gasteiger partial charge in [0.2, 0.25) is 0 Å². The molecule has 0 atom stereocenters. The molecule has 0 aliphatic rings. The number of thiazole rings is 1. The summed E-state index contributed by atoms with van der Waals surface area (Å²) in [5, 5.41) is 7.69. The van der Waals surface area contributed by atoms with Crippen LogP contribution >= 0.6 is 35.3 Å². The van der Waals surface area contributed by atoms with Crippen LogP contribution in [0, 0.1) is 0 Å². The number of hydrogen-bond donors (Lipinski definition) is 2. The Hall–Kier alpha value is -0.580. The maximum absolute atomic E-state index is 12.4. The van der Waals surface area contributed by atoms with E-state index in [-0.39, 0.29) is 24.0 Å². The van der Waals surface area contributed by atoms with Crippen LogP contribution in [0.3, 0.4) is 0 Å². The van der Waals surface area contributed by atoms with Gasteiger partial charge in [-0.15, -0.1) is 35.3 Å². The number of rotatable bonds is 6. The van der Waals surface area contributed by atoms with Crippen LogP contribution in [-0.4, -0.2) is 31.1 Å². The highest BCUT2D eigenvalue weighted by Crippen LogP contribution is 2.29. The van der Waals surface area contributed by atoms with E-state index in [0.717, 1.165) is 36.1 Å². The number of guanidine groups is 1. The average molecular weight is 436 g/mol. The summed E-state index contributed by atoms with van der Waals surface area (Å²) in [6.45, 7) is 3.42. The number of hydrogen-bond acceptors (Lipinski definition) is 3. The van der Waals surface area contributed by atoms with E-state index in [4.69, 9.17) is 0 Å². The normalized spacial score (nSPS) is 12.0. The van der Waals surface area contributed by atoms with E-state index in [0.29, 0.717) is 23.9 Å². The van der Waals surface area contributed by atoms with Crippen molar-refractivity contribution in [1.29, 1.82) is 0 Å². The fraction of sp³-hybridized carbons (Fsp3) is 0.667. The van der Waals surface area contributed by atoms with Crippen LogP contribution in [0.4, 0.5) is 13.2 Å². The molecule has 2 N–H and O–H groups in total. The number of alkyl halides is 3. The van der Waals surface area contributed by atoms with E-state index in [9.17, 15) is 13.2 Å². The predicted octanol–water partition coefficient (Wildman–Crippen LogP) is 3.29. The SMILES string of the molecule is CCCCNC(=NC)NCCc1nc(C(F)(F)F)cs1.I. The van der Waals surface area contributed by atoms with Crippen LogP contribution < -0.4 is 10.6 Å². The highest BCUT2D eigenvalue weighted by molar-refractivity contribution is 14.0. The van der Waals surface area contributed by atoms with Crippen molar-refractivity contribution < 1.29 is 13.2 Å². The summed E-state index contributed by atoms with van der Waals surface area (Å²) in [7, 11) is 1.66. The lowest BCUT2D eigenvalue weighted by Gasteiger charge is -2.10. The lowest BCUT2D eigenvalue weighted by Crippen LogP contribution is -2.38. The first-order valence-electron chi connectivity index (χ1n) is 6.43. The molecule has 0 radical (unpaired) electrons. The van der Waals surface area contributed by atoms with Crippen LogP contribution in [0.5, 0.6) is 0 Å². The fourth-order valence-electron chi connectivity index (χ4n) is 1.45. The Kier molecular flexibility index (Phi) is 9.92. The molecule has 9 heteroatoms. The van der Waals surface area contributed by atoms with Crippen LogP contribution in [0.1, 0.15) is 30.5 Å². The monoisotopic (exact) mass is 436 g/mol. The summed E-state index contributed by atoms with van der Waals surface area (Å²) in [6.07, 6.45) is -1.79. The molecule has 0 spiro atoms. The van der Waals surface area contributed by atoms with Crippen molar-refractivity contribution in [3.63, 3.8) is 0 Å². The van der Waals surface area contributed by atoms with Gasteiger partial charge < -0.3 is 10.6 Å². The van der Waals surface area contributed by atoms with Gasteiger partial charge in [0.25, 0.3) is 0 Å². The van der Waals surface area contributed by atoms with Crippen molar-refractivity contribution in [1.82, 2.24) is 15.6 Å². The first-order chi connectivity index (χ1) is 9.47. The summed E-state index contributed by atoms with van der Waals surface area (Å²) >= 11 is 1.03. The van der Waals surface area contributed by atoms with E-state index in [1.165, 1.54) is 0 Å². The van der Waals surface area contributed by atoms with Crippen molar-refractivity contribution in [3.05, 3.63) is 16.1 Å². The summed E-state index contributed by atoms with van der Waals surface area (Å²) in [5.41, 5.74) is -0.817. The minimum absolute atomic E-state index is 0. The molecule has 122 valence electrons. The quantitative estimate of drug-likeness (QED) is 0.312. The molecule has 0 aromatic carbocycles. The van der Waals surface area contributed by atoms with Crippen molar-refractivity contribution in [2.75, 3.05) is 20.1 Å². The van der Waals surface area contributed by atoms with E-state index >= 15 is 0 Å². The Morgan fingerprint density at radius 3 is 2.52 bits per heavy atom. The molecule has 1 aromatic rings. The molecule has 0 aliphatic carbocycles. The molecule has 4 nitrogen and oxygen atoms in total. The Morgan fingerprint density at radius 1 is 1.33 bits per heavy atom. The van der Waals surface area contributed by atoms with Gasteiger partial charge in [-0.2, -0.15) is 13.2 Å². The number of unbranched alkanes of at least 4 members (excludes halogenated alkanes) is 1. The average Bonchev–Trinajstić information content (AvgIpc) is 2.86. The second-order valence-corrected chi connectivity index (χ2v) is 5.10. The van der Waals surface area contributed by atoms with Gasteiger partial charge in [0.05, 0.1) is 5.01 Å². The summed E-state index contributed by atoms with van der Waals surface area (Å²) in [4.78, 5) is 7.61. The Bertz CT molecular complexity index is 434. The smallest absolute Gasteiger partial charge is 0.356 e. The molecular formula is C12H20F3IN4S. The molecular weight excluding hydrogens is 416 g/mol. The molecule has 0 unspecified atom stereocenters. The van der Waals surface area contributed by atoms with Gasteiger partial charge in [0.15, 0.2) is 11.7 Å². The molecule has 1 heterocycles. The fourth-order valence-corrected chi connectivity index (χ4v) is 2.25. The molecule has 1 aromatic heterocycles. The van der Waals surface area contributed by atoms with Gasteiger partial charge in [-0.3, -0.25) is 4.99 Å². The van der Waals surface area contributed by atoms with Crippen molar-refractivity contribution in [3.8, 4) is 0 Å². The van der Waals surface area contributed by atoms with Crippen LogP contribution in [0.15, 0.2) is 10.4 Å². The molecule has 0 saturated heterocycles. The molecule has 1 rings (SSSR count).